The molecule has 0 aliphatic rings. The zero-order valence-corrected chi connectivity index (χ0v) is 6.67. The van der Waals surface area contributed by atoms with Gasteiger partial charge in [0.25, 0.3) is 5.24 Å². The minimum absolute atomic E-state index is 0.0194. The molecule has 12 heavy (non-hydrogen) atoms. The Hall–Kier alpha value is -1.60. The molecule has 2 N–H and O–H groups in total. The van der Waals surface area contributed by atoms with Crippen molar-refractivity contribution in [3.63, 3.8) is 0 Å². The molecule has 0 saturated heterocycles. The van der Waals surface area contributed by atoms with Crippen LogP contribution >= 0.6 is 11.6 Å². The molecule has 0 bridgehead atoms. The van der Waals surface area contributed by atoms with Gasteiger partial charge >= 0.3 is 0 Å². The van der Waals surface area contributed by atoms with Gasteiger partial charge in [0.2, 0.25) is 0 Å². The summed E-state index contributed by atoms with van der Waals surface area (Å²) in [5, 5.41) is 7.73. The van der Waals surface area contributed by atoms with Crippen LogP contribution in [0, 0.1) is 11.3 Å². The SMILES string of the molecule is N#Cc1ccc(C(=O)Cl)c(N)n1. The van der Waals surface area contributed by atoms with Gasteiger partial charge in [-0.2, -0.15) is 5.26 Å². The zero-order valence-electron chi connectivity index (χ0n) is 5.91. The second-order valence-electron chi connectivity index (χ2n) is 2.01. The van der Waals surface area contributed by atoms with E-state index in [1.807, 2.05) is 0 Å². The van der Waals surface area contributed by atoms with E-state index in [0.717, 1.165) is 0 Å². The summed E-state index contributed by atoms with van der Waals surface area (Å²) in [6.45, 7) is 0. The molecular weight excluding hydrogens is 178 g/mol. The molecule has 0 radical (unpaired) electrons. The van der Waals surface area contributed by atoms with Gasteiger partial charge in [0.1, 0.15) is 17.6 Å². The van der Waals surface area contributed by atoms with E-state index < -0.39 is 5.24 Å². The number of halogens is 1. The third kappa shape index (κ3) is 1.52. The minimum Gasteiger partial charge on any atom is -0.383 e. The molecule has 0 amide bonds. The van der Waals surface area contributed by atoms with Crippen molar-refractivity contribution in [1.82, 2.24) is 4.98 Å². The van der Waals surface area contributed by atoms with Crippen molar-refractivity contribution >= 4 is 22.7 Å². The fourth-order valence-corrected chi connectivity index (χ4v) is 0.863. The van der Waals surface area contributed by atoms with Gasteiger partial charge in [-0.25, -0.2) is 4.98 Å². The summed E-state index contributed by atoms with van der Waals surface area (Å²) in [6.07, 6.45) is 0. The topological polar surface area (TPSA) is 79.8 Å². The van der Waals surface area contributed by atoms with Gasteiger partial charge in [-0.05, 0) is 23.7 Å². The molecule has 60 valence electrons. The van der Waals surface area contributed by atoms with Crippen LogP contribution in [-0.4, -0.2) is 10.2 Å². The number of pyridine rings is 1. The van der Waals surface area contributed by atoms with E-state index in [-0.39, 0.29) is 17.1 Å². The first-order chi connectivity index (χ1) is 5.65. The van der Waals surface area contributed by atoms with Gasteiger partial charge in [-0.3, -0.25) is 4.79 Å². The van der Waals surface area contributed by atoms with Crippen LogP contribution in [0.15, 0.2) is 12.1 Å². The predicted octanol–water partition coefficient (Wildman–Crippen LogP) is 0.914. The van der Waals surface area contributed by atoms with Crippen molar-refractivity contribution in [2.45, 2.75) is 0 Å². The quantitative estimate of drug-likeness (QED) is 0.654. The first-order valence-corrected chi connectivity index (χ1v) is 3.39. The molecule has 0 aliphatic carbocycles. The number of anilines is 1. The fraction of sp³-hybridized carbons (Fsp3) is 0. The second-order valence-corrected chi connectivity index (χ2v) is 2.36. The van der Waals surface area contributed by atoms with Gasteiger partial charge in [-0.1, -0.05) is 0 Å². The van der Waals surface area contributed by atoms with Crippen LogP contribution < -0.4 is 5.73 Å². The Morgan fingerprint density at radius 1 is 1.67 bits per heavy atom. The largest absolute Gasteiger partial charge is 0.383 e. The van der Waals surface area contributed by atoms with Crippen molar-refractivity contribution in [1.29, 1.82) is 5.26 Å². The number of rotatable bonds is 1. The Bertz CT molecular complexity index is 369. The van der Waals surface area contributed by atoms with Crippen molar-refractivity contribution in [3.05, 3.63) is 23.4 Å². The number of carbonyl (C=O) groups is 1. The van der Waals surface area contributed by atoms with Crippen LogP contribution in [0.2, 0.25) is 0 Å². The number of nitrogens with zero attached hydrogens (tertiary/aromatic N) is 2. The van der Waals surface area contributed by atoms with E-state index in [4.69, 9.17) is 22.6 Å². The van der Waals surface area contributed by atoms with Crippen molar-refractivity contribution in [2.24, 2.45) is 0 Å². The van der Waals surface area contributed by atoms with Crippen LogP contribution in [0.1, 0.15) is 16.1 Å². The standard InChI is InChI=1S/C7H4ClN3O/c8-6(12)5-2-1-4(3-9)11-7(5)10/h1-2H,(H2,10,11). The molecule has 5 heteroatoms. The molecular formula is C7H4ClN3O. The van der Waals surface area contributed by atoms with Crippen molar-refractivity contribution in [3.8, 4) is 6.07 Å². The lowest BCUT2D eigenvalue weighted by Gasteiger charge is -1.97. The lowest BCUT2D eigenvalue weighted by atomic mass is 10.2. The minimum atomic E-state index is -0.676. The molecule has 0 unspecified atom stereocenters. The predicted molar refractivity (Wildman–Crippen MR) is 43.5 cm³/mol. The molecule has 0 aromatic carbocycles. The number of hydrogen-bond acceptors (Lipinski definition) is 4. The maximum atomic E-state index is 10.6. The summed E-state index contributed by atoms with van der Waals surface area (Å²) in [5.41, 5.74) is 5.61. The molecule has 0 fully saturated rings. The summed E-state index contributed by atoms with van der Waals surface area (Å²) in [6, 6.07) is 4.54. The van der Waals surface area contributed by atoms with Crippen LogP contribution in [0.4, 0.5) is 5.82 Å². The third-order valence-corrected chi connectivity index (χ3v) is 1.45. The summed E-state index contributed by atoms with van der Waals surface area (Å²) in [4.78, 5) is 14.3. The molecule has 1 aromatic rings. The van der Waals surface area contributed by atoms with E-state index in [1.165, 1.54) is 12.1 Å². The Labute approximate surface area is 73.6 Å². The molecule has 1 aromatic heterocycles. The normalized spacial score (nSPS) is 9.00. The average Bonchev–Trinajstić information content (AvgIpc) is 2.03. The maximum absolute atomic E-state index is 10.6. The summed E-state index contributed by atoms with van der Waals surface area (Å²) in [7, 11) is 0. The maximum Gasteiger partial charge on any atom is 0.256 e. The Morgan fingerprint density at radius 3 is 2.75 bits per heavy atom. The number of hydrogen-bond donors (Lipinski definition) is 1. The Balaban J connectivity index is 3.23. The van der Waals surface area contributed by atoms with E-state index in [1.54, 1.807) is 6.07 Å². The highest BCUT2D eigenvalue weighted by Gasteiger charge is 2.07. The van der Waals surface area contributed by atoms with Gasteiger partial charge in [0, 0.05) is 0 Å². The highest BCUT2D eigenvalue weighted by Crippen LogP contribution is 2.11. The number of nitrogens with two attached hydrogens (primary N) is 1. The smallest absolute Gasteiger partial charge is 0.256 e. The molecule has 0 aliphatic heterocycles. The van der Waals surface area contributed by atoms with Gasteiger partial charge in [0.05, 0.1) is 5.56 Å². The van der Waals surface area contributed by atoms with Crippen molar-refractivity contribution < 1.29 is 4.79 Å². The Morgan fingerprint density at radius 2 is 2.33 bits per heavy atom. The van der Waals surface area contributed by atoms with Gasteiger partial charge < -0.3 is 5.73 Å². The Kier molecular flexibility index (Phi) is 2.26. The summed E-state index contributed by atoms with van der Waals surface area (Å²) >= 11 is 5.16. The molecule has 1 heterocycles. The highest BCUT2D eigenvalue weighted by molar-refractivity contribution is 6.68. The van der Waals surface area contributed by atoms with Crippen LogP contribution in [0.3, 0.4) is 0 Å². The van der Waals surface area contributed by atoms with Crippen LogP contribution in [0.25, 0.3) is 0 Å². The lowest BCUT2D eigenvalue weighted by molar-refractivity contribution is 0.108. The number of aromatic nitrogens is 1. The number of nitrogen functional groups attached to an aromatic ring is 1. The molecule has 0 spiro atoms. The summed E-state index contributed by atoms with van der Waals surface area (Å²) in [5.74, 6) is -0.0194. The molecule has 0 saturated carbocycles. The van der Waals surface area contributed by atoms with Gasteiger partial charge in [0.15, 0.2) is 0 Å². The van der Waals surface area contributed by atoms with E-state index >= 15 is 0 Å². The van der Waals surface area contributed by atoms with E-state index in [9.17, 15) is 4.79 Å². The number of carbonyl (C=O) groups excluding carboxylic acids is 1. The van der Waals surface area contributed by atoms with Crippen LogP contribution in [0.5, 0.6) is 0 Å². The first kappa shape index (κ1) is 8.50. The van der Waals surface area contributed by atoms with Gasteiger partial charge in [-0.15, -0.1) is 0 Å². The first-order valence-electron chi connectivity index (χ1n) is 3.01. The lowest BCUT2D eigenvalue weighted by Crippen LogP contribution is -2.01. The molecule has 4 nitrogen and oxygen atoms in total. The number of nitriles is 1. The van der Waals surface area contributed by atoms with E-state index in [0.29, 0.717) is 0 Å². The fourth-order valence-electron chi connectivity index (χ4n) is 0.703. The second kappa shape index (κ2) is 3.20. The van der Waals surface area contributed by atoms with E-state index in [2.05, 4.69) is 4.98 Å². The highest BCUT2D eigenvalue weighted by atomic mass is 35.5. The molecule has 1 rings (SSSR count). The zero-order chi connectivity index (χ0) is 9.14. The van der Waals surface area contributed by atoms with Crippen molar-refractivity contribution in [2.75, 3.05) is 5.73 Å². The van der Waals surface area contributed by atoms with Crippen LogP contribution in [-0.2, 0) is 0 Å². The monoisotopic (exact) mass is 181 g/mol. The summed E-state index contributed by atoms with van der Waals surface area (Å²) < 4.78 is 0. The third-order valence-electron chi connectivity index (χ3n) is 1.25. The molecule has 0 atom stereocenters. The average molecular weight is 182 g/mol.